The fourth-order valence-electron chi connectivity index (χ4n) is 2.58. The molecule has 3 rings (SSSR count). The first-order valence-corrected chi connectivity index (χ1v) is 9.14. The number of halogens is 2. The van der Waals surface area contributed by atoms with Crippen molar-refractivity contribution in [3.8, 4) is 5.75 Å². The Morgan fingerprint density at radius 1 is 1.10 bits per heavy atom. The van der Waals surface area contributed by atoms with E-state index < -0.39 is 11.6 Å². The summed E-state index contributed by atoms with van der Waals surface area (Å²) in [6, 6.07) is 12.0. The van der Waals surface area contributed by atoms with Gasteiger partial charge in [0, 0.05) is 17.2 Å². The van der Waals surface area contributed by atoms with Crippen molar-refractivity contribution < 1.29 is 22.8 Å². The molecule has 0 aliphatic heterocycles. The molecule has 152 valence electrons. The van der Waals surface area contributed by atoms with E-state index in [-0.39, 0.29) is 29.9 Å². The Labute approximate surface area is 167 Å². The zero-order chi connectivity index (χ0) is 21.0. The molecule has 0 fully saturated rings. The minimum Gasteiger partial charge on any atom is -0.489 e. The molecule has 7 heteroatoms. The highest BCUT2D eigenvalue weighted by atomic mass is 19.1. The molecule has 1 aromatic heterocycles. The lowest BCUT2D eigenvalue weighted by molar-refractivity contribution is -0.115. The van der Waals surface area contributed by atoms with E-state index in [9.17, 15) is 13.6 Å². The highest BCUT2D eigenvalue weighted by molar-refractivity contribution is 5.92. The molecule has 1 amide bonds. The Kier molecular flexibility index (Phi) is 5.96. The van der Waals surface area contributed by atoms with E-state index in [1.165, 1.54) is 18.2 Å². The van der Waals surface area contributed by atoms with E-state index in [2.05, 4.69) is 10.5 Å². The van der Waals surface area contributed by atoms with Gasteiger partial charge in [0.25, 0.3) is 0 Å². The van der Waals surface area contributed by atoms with E-state index in [1.54, 1.807) is 30.3 Å². The summed E-state index contributed by atoms with van der Waals surface area (Å²) >= 11 is 0. The van der Waals surface area contributed by atoms with Gasteiger partial charge in [-0.1, -0.05) is 32.0 Å². The summed E-state index contributed by atoms with van der Waals surface area (Å²) < 4.78 is 38.0. The molecule has 5 nitrogen and oxygen atoms in total. The van der Waals surface area contributed by atoms with Crippen LogP contribution in [0.5, 0.6) is 5.75 Å². The van der Waals surface area contributed by atoms with Gasteiger partial charge in [-0.25, -0.2) is 8.78 Å². The second-order valence-corrected chi connectivity index (χ2v) is 7.67. The van der Waals surface area contributed by atoms with Crippen LogP contribution in [-0.2, 0) is 23.2 Å². The Bertz CT molecular complexity index is 972. The lowest BCUT2D eigenvalue weighted by atomic mass is 9.93. The quantitative estimate of drug-likeness (QED) is 0.632. The van der Waals surface area contributed by atoms with Crippen LogP contribution >= 0.6 is 0 Å². The number of hydrogen-bond donors (Lipinski definition) is 1. The first-order valence-electron chi connectivity index (χ1n) is 9.14. The zero-order valence-corrected chi connectivity index (χ0v) is 16.5. The van der Waals surface area contributed by atoms with Crippen LogP contribution in [0.1, 0.15) is 37.8 Å². The van der Waals surface area contributed by atoms with Crippen LogP contribution in [0.3, 0.4) is 0 Å². The minimum absolute atomic E-state index is 0.0877. The number of nitrogens with zero attached hydrogens (tertiary/aromatic N) is 1. The van der Waals surface area contributed by atoms with Gasteiger partial charge < -0.3 is 14.6 Å². The molecule has 0 saturated heterocycles. The van der Waals surface area contributed by atoms with E-state index in [4.69, 9.17) is 9.26 Å². The lowest BCUT2D eigenvalue weighted by Crippen LogP contribution is -2.14. The van der Waals surface area contributed by atoms with Crippen molar-refractivity contribution in [1.82, 2.24) is 5.16 Å². The van der Waals surface area contributed by atoms with Crippen molar-refractivity contribution >= 4 is 11.6 Å². The third-order valence-electron chi connectivity index (χ3n) is 4.22. The van der Waals surface area contributed by atoms with Crippen LogP contribution in [0.25, 0.3) is 0 Å². The lowest BCUT2D eigenvalue weighted by Gasteiger charge is -2.12. The first kappa shape index (κ1) is 20.5. The summed E-state index contributed by atoms with van der Waals surface area (Å²) in [7, 11) is 0. The number of aromatic nitrogens is 1. The van der Waals surface area contributed by atoms with Crippen LogP contribution in [0.2, 0.25) is 0 Å². The standard InChI is InChI=1S/C22H22F2N2O3/c1-22(2,3)20-11-15(26-29-20)12-21(27)25-14-7-9-16(10-8-14)28-13-17-18(23)5-4-6-19(17)24/h4-11H,12-13H2,1-3H3,(H,25,27). The molecular weight excluding hydrogens is 378 g/mol. The van der Waals surface area contributed by atoms with E-state index in [0.29, 0.717) is 22.9 Å². The number of amides is 1. The molecule has 2 aromatic carbocycles. The van der Waals surface area contributed by atoms with Gasteiger partial charge in [-0.3, -0.25) is 4.79 Å². The summed E-state index contributed by atoms with van der Waals surface area (Å²) in [5.41, 5.74) is 0.814. The number of rotatable bonds is 6. The monoisotopic (exact) mass is 400 g/mol. The molecule has 0 radical (unpaired) electrons. The average Bonchev–Trinajstić information content (AvgIpc) is 3.11. The number of hydrogen-bond acceptors (Lipinski definition) is 4. The predicted molar refractivity (Wildman–Crippen MR) is 105 cm³/mol. The zero-order valence-electron chi connectivity index (χ0n) is 16.5. The Morgan fingerprint density at radius 2 is 1.76 bits per heavy atom. The third-order valence-corrected chi connectivity index (χ3v) is 4.22. The largest absolute Gasteiger partial charge is 0.489 e. The number of carbonyl (C=O) groups is 1. The van der Waals surface area contributed by atoms with Crippen molar-refractivity contribution in [2.75, 3.05) is 5.32 Å². The fourth-order valence-corrected chi connectivity index (χ4v) is 2.58. The molecule has 0 aliphatic rings. The van der Waals surface area contributed by atoms with Crippen molar-refractivity contribution in [3.05, 3.63) is 77.2 Å². The van der Waals surface area contributed by atoms with E-state index in [0.717, 1.165) is 0 Å². The smallest absolute Gasteiger partial charge is 0.230 e. The summed E-state index contributed by atoms with van der Waals surface area (Å²) in [4.78, 5) is 12.2. The Hall–Kier alpha value is -3.22. The number of ether oxygens (including phenoxy) is 1. The third kappa shape index (κ3) is 5.40. The molecule has 0 bridgehead atoms. The van der Waals surface area contributed by atoms with Gasteiger partial charge in [0.05, 0.1) is 17.7 Å². The van der Waals surface area contributed by atoms with Crippen molar-refractivity contribution in [3.63, 3.8) is 0 Å². The minimum atomic E-state index is -0.656. The van der Waals surface area contributed by atoms with Gasteiger partial charge in [0.2, 0.25) is 5.91 Å². The topological polar surface area (TPSA) is 64.4 Å². The van der Waals surface area contributed by atoms with Gasteiger partial charge in [0.15, 0.2) is 0 Å². The summed E-state index contributed by atoms with van der Waals surface area (Å²) in [6.07, 6.45) is 0.0877. The summed E-state index contributed by atoms with van der Waals surface area (Å²) in [6.45, 7) is 5.77. The van der Waals surface area contributed by atoms with Crippen LogP contribution in [0, 0.1) is 11.6 Å². The van der Waals surface area contributed by atoms with Crippen molar-refractivity contribution in [1.29, 1.82) is 0 Å². The number of nitrogens with one attached hydrogen (secondary N) is 1. The molecule has 0 atom stereocenters. The summed E-state index contributed by atoms with van der Waals surface area (Å²) in [5, 5.41) is 6.69. The number of anilines is 1. The highest BCUT2D eigenvalue weighted by Crippen LogP contribution is 2.23. The van der Waals surface area contributed by atoms with E-state index >= 15 is 0 Å². The molecule has 1 N–H and O–H groups in total. The maximum Gasteiger partial charge on any atom is 0.230 e. The molecule has 0 unspecified atom stereocenters. The van der Waals surface area contributed by atoms with E-state index in [1.807, 2.05) is 20.8 Å². The second kappa shape index (κ2) is 8.43. The molecule has 1 heterocycles. The number of carbonyl (C=O) groups excluding carboxylic acids is 1. The van der Waals surface area contributed by atoms with Crippen molar-refractivity contribution in [2.45, 2.75) is 39.2 Å². The van der Waals surface area contributed by atoms with Crippen LogP contribution < -0.4 is 10.1 Å². The molecule has 3 aromatic rings. The van der Waals surface area contributed by atoms with Crippen LogP contribution in [0.15, 0.2) is 53.1 Å². The van der Waals surface area contributed by atoms with Crippen molar-refractivity contribution in [2.24, 2.45) is 0 Å². The second-order valence-electron chi connectivity index (χ2n) is 7.67. The molecular formula is C22H22F2N2O3. The molecule has 0 spiro atoms. The van der Waals surface area contributed by atoms with Crippen LogP contribution in [0.4, 0.5) is 14.5 Å². The first-order chi connectivity index (χ1) is 13.7. The Morgan fingerprint density at radius 3 is 2.34 bits per heavy atom. The Balaban J connectivity index is 1.55. The normalized spacial score (nSPS) is 11.3. The summed E-state index contributed by atoms with van der Waals surface area (Å²) in [5.74, 6) is -0.404. The van der Waals surface area contributed by atoms with Gasteiger partial charge in [-0.05, 0) is 36.4 Å². The van der Waals surface area contributed by atoms with Gasteiger partial charge in [0.1, 0.15) is 29.8 Å². The number of benzene rings is 2. The van der Waals surface area contributed by atoms with Gasteiger partial charge in [-0.15, -0.1) is 0 Å². The molecule has 0 saturated carbocycles. The van der Waals surface area contributed by atoms with Gasteiger partial charge >= 0.3 is 0 Å². The highest BCUT2D eigenvalue weighted by Gasteiger charge is 2.20. The molecule has 0 aliphatic carbocycles. The fraction of sp³-hybridized carbons (Fsp3) is 0.273. The maximum absolute atomic E-state index is 13.6. The average molecular weight is 400 g/mol. The molecule has 29 heavy (non-hydrogen) atoms. The van der Waals surface area contributed by atoms with Gasteiger partial charge in [-0.2, -0.15) is 0 Å². The maximum atomic E-state index is 13.6. The predicted octanol–water partition coefficient (Wildman–Crippen LogP) is 5.01. The van der Waals surface area contributed by atoms with Crippen LogP contribution in [-0.4, -0.2) is 11.1 Å². The SMILES string of the molecule is CC(C)(C)c1cc(CC(=O)Nc2ccc(OCc3c(F)cccc3F)cc2)no1.